The topological polar surface area (TPSA) is 458 Å². The van der Waals surface area contributed by atoms with Crippen LogP contribution in [0.25, 0.3) is 0 Å². The standard InChI is InChI=1S/C15H17NO4.C14H15NO4.C14H17NO4.C13H15NO4.C13H13NO4.C12H11NO4/c17-12-8-11-14(15(19)16-12)10(7-13(18)20-11)6-9-4-2-1-3-5-9;16-11-7-10-13(14(18)15-11)9(6-12(17)19-10)5-8-3-1-2-4-8;1-2-3-4-5-6-9-7-12(17)19-10-8-11(16)15-14(18)13(9)10;2*1-2-3-4-5-8-6-11(16)18-9-7-10(15)14-13(17)12(8)9;1-2-3-4-7-5-10(15)17-8-6-9(14)13-12(16)11(7)8/h7,9H,1-6,8H2,(H,16,17,19);6,8H,1-5,7H2,(H,15,16,18);7H,2-6,8H2,1H3,(H,15,16,18);6H,2-5,7H2,1H3,(H,14,15,17);2-3,6H,4-5,7H2,1H3,(H,14,15,17);2,5H,1,3-4,6H2,(H,13,14,16)/b;;;;3-2+;. The first-order valence-corrected chi connectivity index (χ1v) is 37.5. The van der Waals surface area contributed by atoms with Gasteiger partial charge >= 0.3 is 33.8 Å². The summed E-state index contributed by atoms with van der Waals surface area (Å²) in [5, 5.41) is 13.5. The van der Waals surface area contributed by atoms with Gasteiger partial charge in [0, 0.05) is 36.4 Å². The van der Waals surface area contributed by atoms with E-state index < -0.39 is 105 Å². The van der Waals surface area contributed by atoms with Crippen LogP contribution < -0.4 is 65.7 Å². The van der Waals surface area contributed by atoms with Gasteiger partial charge in [0.05, 0.1) is 71.9 Å². The van der Waals surface area contributed by atoms with E-state index in [1.54, 1.807) is 6.08 Å². The van der Waals surface area contributed by atoms with Crippen LogP contribution in [0.4, 0.5) is 0 Å². The number of amides is 12. The maximum atomic E-state index is 12.0. The van der Waals surface area contributed by atoms with Crippen molar-refractivity contribution in [2.24, 2.45) is 11.8 Å². The fourth-order valence-corrected chi connectivity index (χ4v) is 14.5. The molecule has 30 heteroatoms. The van der Waals surface area contributed by atoms with E-state index in [9.17, 15) is 86.3 Å². The largest absolute Gasteiger partial charge is 0.426 e. The Bertz CT molecular complexity index is 5060. The Balaban J connectivity index is 0.000000153. The van der Waals surface area contributed by atoms with Crippen LogP contribution in [0, 0.1) is 11.8 Å². The molecular formula is C81H88N6O24. The smallest absolute Gasteiger partial charge is 0.336 e. The van der Waals surface area contributed by atoms with Gasteiger partial charge in [0.2, 0.25) is 35.4 Å². The average Bonchev–Trinajstić information content (AvgIpc) is 1.21. The Morgan fingerprint density at radius 1 is 0.324 bits per heavy atom. The van der Waals surface area contributed by atoms with E-state index in [1.807, 2.05) is 19.1 Å². The first-order chi connectivity index (χ1) is 53.2. The van der Waals surface area contributed by atoms with E-state index >= 15 is 0 Å². The van der Waals surface area contributed by atoms with E-state index in [1.165, 1.54) is 68.5 Å². The number of fused-ring (bicyclic) bond motifs is 6. The molecule has 0 saturated heterocycles. The normalized spacial score (nSPS) is 16.1. The maximum absolute atomic E-state index is 12.0. The summed E-state index contributed by atoms with van der Waals surface area (Å²) in [5.74, 6) is -3.17. The zero-order chi connectivity index (χ0) is 80.0. The summed E-state index contributed by atoms with van der Waals surface area (Å²) in [6.45, 7) is 9.69. The quantitative estimate of drug-likeness (QED) is 0.0268. The molecule has 8 aliphatic rings. The number of carbonyl (C=O) groups excluding carboxylic acids is 12. The average molecular weight is 1530 g/mol. The van der Waals surface area contributed by atoms with Crippen molar-refractivity contribution in [3.05, 3.63) is 225 Å². The molecule has 111 heavy (non-hydrogen) atoms. The summed E-state index contributed by atoms with van der Waals surface area (Å²) < 4.78 is 29.8. The number of rotatable bonds is 19. The second-order valence-corrected chi connectivity index (χ2v) is 27.9. The molecule has 0 atom stereocenters. The Hall–Kier alpha value is -12.0. The minimum atomic E-state index is -0.537. The highest BCUT2D eigenvalue weighted by Crippen LogP contribution is 2.32. The van der Waals surface area contributed by atoms with Gasteiger partial charge in [-0.25, -0.2) is 28.8 Å². The Kier molecular flexibility index (Phi) is 29.5. The molecule has 6 aliphatic heterocycles. The lowest BCUT2D eigenvalue weighted by molar-refractivity contribution is -0.121. The molecule has 12 heterocycles. The van der Waals surface area contributed by atoms with Crippen molar-refractivity contribution in [2.75, 3.05) is 0 Å². The molecule has 6 N–H and O–H groups in total. The van der Waals surface area contributed by atoms with Gasteiger partial charge in [-0.1, -0.05) is 122 Å². The van der Waals surface area contributed by atoms with Gasteiger partial charge in [0.25, 0.3) is 35.4 Å². The number of nitrogens with one attached hydrogen (secondary N) is 6. The second-order valence-electron chi connectivity index (χ2n) is 27.9. The minimum Gasteiger partial charge on any atom is -0.426 e. The van der Waals surface area contributed by atoms with Crippen LogP contribution in [0.5, 0.6) is 0 Å². The monoisotopic (exact) mass is 1530 g/mol. The SMILES string of the molecule is C/C=C/CCc1cc(=O)oc2c1C(=O)NC(=O)C2.C=CCCc1cc(=O)oc2c1C(=O)NC(=O)C2.CCCCCCc1cc(=O)oc2c1C(=O)NC(=O)C2.CCCCCc1cc(=O)oc2c1C(=O)NC(=O)C2.O=C1Cc2oc(=O)cc(CC3CCCC3)c2C(=O)N1.O=C1Cc2oc(=O)cc(CC3CCCCC3)c2C(=O)N1. The van der Waals surface area contributed by atoms with Crippen LogP contribution in [0.2, 0.25) is 0 Å². The number of unbranched alkanes of at least 4 members (excludes halogenated alkanes) is 5. The highest BCUT2D eigenvalue weighted by Gasteiger charge is 2.35. The van der Waals surface area contributed by atoms with Gasteiger partial charge in [-0.05, 0) is 116 Å². The Labute approximate surface area is 634 Å². The van der Waals surface area contributed by atoms with Crippen molar-refractivity contribution in [3.8, 4) is 0 Å². The highest BCUT2D eigenvalue weighted by molar-refractivity contribution is 6.13. The fourth-order valence-electron chi connectivity index (χ4n) is 14.5. The summed E-state index contributed by atoms with van der Waals surface area (Å²) in [6, 6.07) is 8.12. The molecule has 2 fully saturated rings. The Morgan fingerprint density at radius 2 is 0.568 bits per heavy atom. The molecule has 0 spiro atoms. The number of hydrogen-bond donors (Lipinski definition) is 6. The molecule has 6 aromatic heterocycles. The van der Waals surface area contributed by atoms with Gasteiger partial charge in [0.1, 0.15) is 34.6 Å². The number of imide groups is 6. The van der Waals surface area contributed by atoms with E-state index in [-0.39, 0.29) is 73.1 Å². The molecule has 0 aromatic carbocycles. The van der Waals surface area contributed by atoms with Crippen molar-refractivity contribution in [3.63, 3.8) is 0 Å². The van der Waals surface area contributed by atoms with Crippen LogP contribution in [0.15, 0.2) is 116 Å². The molecule has 6 aromatic rings. The molecule has 12 amide bonds. The van der Waals surface area contributed by atoms with E-state index in [0.29, 0.717) is 99.6 Å². The van der Waals surface area contributed by atoms with Crippen LogP contribution >= 0.6 is 0 Å². The van der Waals surface area contributed by atoms with Crippen molar-refractivity contribution >= 4 is 70.9 Å². The third-order valence-corrected chi connectivity index (χ3v) is 19.5. The van der Waals surface area contributed by atoms with E-state index in [4.69, 9.17) is 26.5 Å². The number of allylic oxidation sites excluding steroid dienone is 3. The summed E-state index contributed by atoms with van der Waals surface area (Å²) in [7, 11) is 0. The summed E-state index contributed by atoms with van der Waals surface area (Å²) in [5.41, 5.74) is 3.22. The van der Waals surface area contributed by atoms with Gasteiger partial charge < -0.3 is 26.5 Å². The predicted octanol–water partition coefficient (Wildman–Crippen LogP) is 7.05. The zero-order valence-corrected chi connectivity index (χ0v) is 62.1. The number of aryl methyl sites for hydroxylation is 4. The summed E-state index contributed by atoms with van der Waals surface area (Å²) in [4.78, 5) is 207. The van der Waals surface area contributed by atoms with Gasteiger partial charge in [-0.3, -0.25) is 89.4 Å². The van der Waals surface area contributed by atoms with Crippen LogP contribution in [0.1, 0.15) is 266 Å². The fraction of sp³-hybridized carbons (Fsp3) is 0.432. The molecule has 0 bridgehead atoms. The number of hydrogen-bond acceptors (Lipinski definition) is 24. The highest BCUT2D eigenvalue weighted by atomic mass is 16.4. The van der Waals surface area contributed by atoms with Crippen LogP contribution in [-0.2, 0) is 106 Å². The van der Waals surface area contributed by atoms with Gasteiger partial charge in [0.15, 0.2) is 0 Å². The van der Waals surface area contributed by atoms with E-state index in [0.717, 1.165) is 101 Å². The zero-order valence-electron chi connectivity index (χ0n) is 62.1. The molecule has 0 unspecified atom stereocenters. The first-order valence-electron chi connectivity index (χ1n) is 37.5. The molecular weight excluding hydrogens is 1440 g/mol. The molecule has 2 saturated carbocycles. The second kappa shape index (κ2) is 39.4. The summed E-state index contributed by atoms with van der Waals surface area (Å²) >= 11 is 0. The molecule has 586 valence electrons. The Morgan fingerprint density at radius 3 is 0.847 bits per heavy atom. The molecule has 2 aliphatic carbocycles. The maximum Gasteiger partial charge on any atom is 0.336 e. The first kappa shape index (κ1) is 83.1. The van der Waals surface area contributed by atoms with E-state index in [2.05, 4.69) is 52.3 Å². The van der Waals surface area contributed by atoms with Crippen LogP contribution in [0.3, 0.4) is 0 Å². The van der Waals surface area contributed by atoms with Gasteiger partial charge in [-0.2, -0.15) is 0 Å². The lowest BCUT2D eigenvalue weighted by Gasteiger charge is -2.23. The molecule has 30 nitrogen and oxygen atoms in total. The third-order valence-electron chi connectivity index (χ3n) is 19.5. The van der Waals surface area contributed by atoms with Crippen molar-refractivity contribution in [2.45, 2.75) is 213 Å². The number of carbonyl (C=O) groups is 12. The van der Waals surface area contributed by atoms with Gasteiger partial charge in [-0.15, -0.1) is 6.58 Å². The lowest BCUT2D eigenvalue weighted by atomic mass is 9.83. The minimum absolute atomic E-state index is 0.0329. The van der Waals surface area contributed by atoms with Crippen molar-refractivity contribution in [1.82, 2.24) is 31.9 Å². The molecule has 14 rings (SSSR count). The molecule has 0 radical (unpaired) electrons. The predicted molar refractivity (Wildman–Crippen MR) is 396 cm³/mol. The van der Waals surface area contributed by atoms with Crippen LogP contribution in [-0.4, -0.2) is 70.9 Å². The third kappa shape index (κ3) is 22.8. The summed E-state index contributed by atoms with van der Waals surface area (Å²) in [6.07, 6.45) is 28.4. The lowest BCUT2D eigenvalue weighted by Crippen LogP contribution is -2.39. The van der Waals surface area contributed by atoms with Crippen molar-refractivity contribution < 1.29 is 84.0 Å². The van der Waals surface area contributed by atoms with Crippen molar-refractivity contribution in [1.29, 1.82) is 0 Å².